The molecule has 0 saturated carbocycles. The molecule has 1 saturated heterocycles. The Bertz CT molecular complexity index is 1220. The Labute approximate surface area is 187 Å². The molecule has 0 spiro atoms. The number of hydrogen-bond donors (Lipinski definition) is 6. The standard InChI is InChI=1S/C12H15ClFN2O14P3/c1-3-12(13)8(17)7(27-10(12)16-4-6(14)9(18)15-11(16)19)5(2)28-32(23,24)30-33(25,26)29-31(20,21)22/h1,4-5,7-8,10,17H,2H3,(H,23,24)(H,25,26)(H,15,18,19)(H2,20,21,22)/t5-,7+,8-,10+,12?/m0/s1. The van der Waals surface area contributed by atoms with Crippen molar-refractivity contribution in [2.75, 3.05) is 0 Å². The number of hydrogen-bond acceptors (Lipinski definition) is 10. The van der Waals surface area contributed by atoms with Gasteiger partial charge in [-0.1, -0.05) is 17.5 Å². The van der Waals surface area contributed by atoms with Gasteiger partial charge in [-0.3, -0.25) is 18.9 Å². The van der Waals surface area contributed by atoms with E-state index >= 15 is 0 Å². The summed E-state index contributed by atoms with van der Waals surface area (Å²) in [4.78, 5) is 58.4. The number of phosphoric acid groups is 3. The fourth-order valence-electron chi connectivity index (χ4n) is 2.70. The molecule has 7 atom stereocenters. The van der Waals surface area contributed by atoms with Crippen molar-refractivity contribution >= 4 is 35.1 Å². The van der Waals surface area contributed by atoms with Crippen molar-refractivity contribution in [3.05, 3.63) is 32.9 Å². The van der Waals surface area contributed by atoms with E-state index in [1.807, 2.05) is 5.92 Å². The van der Waals surface area contributed by atoms with Gasteiger partial charge in [-0.2, -0.15) is 13.0 Å². The predicted molar refractivity (Wildman–Crippen MR) is 103 cm³/mol. The predicted octanol–water partition coefficient (Wildman–Crippen LogP) is -0.723. The Kier molecular flexibility index (Phi) is 8.02. The average molecular weight is 559 g/mol. The van der Waals surface area contributed by atoms with Gasteiger partial charge >= 0.3 is 29.2 Å². The number of ether oxygens (including phenoxy) is 1. The van der Waals surface area contributed by atoms with Crippen molar-refractivity contribution in [2.24, 2.45) is 0 Å². The van der Waals surface area contributed by atoms with Gasteiger partial charge in [0.05, 0.1) is 12.3 Å². The SMILES string of the molecule is C#CC1(Cl)[C@@H](O)[C@@H]([C@H](C)OP(=O)(O)OP(=O)(O)OP(=O)(O)O)O[C@H]1n1cc(F)c(=O)[nH]c1=O. The highest BCUT2D eigenvalue weighted by atomic mass is 35.5. The third kappa shape index (κ3) is 6.47. The zero-order valence-electron chi connectivity index (χ0n) is 15.9. The third-order valence-electron chi connectivity index (χ3n) is 3.96. The molecule has 1 aliphatic heterocycles. The first kappa shape index (κ1) is 28.0. The van der Waals surface area contributed by atoms with Crippen LogP contribution in [0.1, 0.15) is 13.2 Å². The first-order valence-electron chi connectivity index (χ1n) is 8.15. The zero-order valence-corrected chi connectivity index (χ0v) is 19.4. The molecule has 1 aromatic heterocycles. The normalized spacial score (nSPS) is 30.2. The van der Waals surface area contributed by atoms with Crippen LogP contribution in [0.3, 0.4) is 0 Å². The van der Waals surface area contributed by atoms with E-state index in [2.05, 4.69) is 13.1 Å². The van der Waals surface area contributed by atoms with Crippen LogP contribution in [-0.2, 0) is 31.6 Å². The Morgan fingerprint density at radius 3 is 2.36 bits per heavy atom. The molecule has 1 fully saturated rings. The van der Waals surface area contributed by atoms with Crippen LogP contribution in [0.15, 0.2) is 15.8 Å². The van der Waals surface area contributed by atoms with E-state index in [0.29, 0.717) is 10.8 Å². The molecule has 1 aromatic rings. The summed E-state index contributed by atoms with van der Waals surface area (Å²) >= 11 is 6.16. The Morgan fingerprint density at radius 1 is 1.27 bits per heavy atom. The molecule has 3 unspecified atom stereocenters. The minimum absolute atomic E-state index is 0.377. The number of terminal acetylenes is 1. The number of nitrogens with zero attached hydrogens (tertiary/aromatic N) is 1. The van der Waals surface area contributed by atoms with Gasteiger partial charge in [0.25, 0.3) is 5.56 Å². The summed E-state index contributed by atoms with van der Waals surface area (Å²) in [7, 11) is -17.1. The first-order valence-corrected chi connectivity index (χ1v) is 13.0. The molecule has 21 heteroatoms. The van der Waals surface area contributed by atoms with Gasteiger partial charge in [-0.25, -0.2) is 18.5 Å². The summed E-state index contributed by atoms with van der Waals surface area (Å²) in [5.41, 5.74) is -2.63. The number of halogens is 2. The molecule has 0 aromatic carbocycles. The number of aliphatic hydroxyl groups excluding tert-OH is 1. The monoisotopic (exact) mass is 558 g/mol. The van der Waals surface area contributed by atoms with E-state index in [1.165, 1.54) is 0 Å². The Balaban J connectivity index is 2.31. The number of H-pyrrole nitrogens is 1. The van der Waals surface area contributed by atoms with E-state index in [0.717, 1.165) is 6.92 Å². The summed E-state index contributed by atoms with van der Waals surface area (Å²) in [6.07, 6.45) is -1.76. The van der Waals surface area contributed by atoms with Crippen LogP contribution >= 0.6 is 35.1 Å². The second-order valence-corrected chi connectivity index (χ2v) is 11.4. The largest absolute Gasteiger partial charge is 0.490 e. The highest BCUT2D eigenvalue weighted by Crippen LogP contribution is 2.66. The fourth-order valence-corrected chi connectivity index (χ4v) is 6.18. The second-order valence-electron chi connectivity index (χ2n) is 6.36. The highest BCUT2D eigenvalue weighted by Gasteiger charge is 2.58. The molecule has 16 nitrogen and oxygen atoms in total. The maximum absolute atomic E-state index is 13.7. The minimum atomic E-state index is -5.83. The quantitative estimate of drug-likeness (QED) is 0.131. The molecular formula is C12H15ClFN2O14P3. The molecule has 2 heterocycles. The van der Waals surface area contributed by atoms with E-state index in [1.54, 1.807) is 4.98 Å². The molecule has 1 aliphatic rings. The van der Waals surface area contributed by atoms with Gasteiger partial charge in [0.2, 0.25) is 5.82 Å². The molecule has 186 valence electrons. The Morgan fingerprint density at radius 2 is 1.85 bits per heavy atom. The molecule has 6 N–H and O–H groups in total. The average Bonchev–Trinajstić information content (AvgIpc) is 2.87. The van der Waals surface area contributed by atoms with Crippen LogP contribution in [0, 0.1) is 18.2 Å². The molecule has 0 aliphatic carbocycles. The number of alkyl halides is 1. The van der Waals surface area contributed by atoms with Gasteiger partial charge < -0.3 is 29.4 Å². The van der Waals surface area contributed by atoms with Crippen LogP contribution in [-0.4, -0.2) is 57.4 Å². The molecule has 0 radical (unpaired) electrons. The summed E-state index contributed by atoms with van der Waals surface area (Å²) in [6, 6.07) is 0. The topological polar surface area (TPSA) is 244 Å². The third-order valence-corrected chi connectivity index (χ3v) is 8.41. The lowest BCUT2D eigenvalue weighted by Gasteiger charge is -2.26. The molecular weight excluding hydrogens is 544 g/mol. The van der Waals surface area contributed by atoms with Crippen molar-refractivity contribution in [3.63, 3.8) is 0 Å². The number of nitrogens with one attached hydrogen (secondary N) is 1. The molecule has 0 bridgehead atoms. The highest BCUT2D eigenvalue weighted by molar-refractivity contribution is 7.66. The maximum Gasteiger partial charge on any atom is 0.490 e. The van der Waals surface area contributed by atoms with Gasteiger partial charge in [-0.05, 0) is 6.92 Å². The minimum Gasteiger partial charge on any atom is -0.387 e. The van der Waals surface area contributed by atoms with Gasteiger partial charge in [0.15, 0.2) is 11.1 Å². The lowest BCUT2D eigenvalue weighted by molar-refractivity contribution is -0.0751. The van der Waals surface area contributed by atoms with E-state index in [9.17, 15) is 42.6 Å². The lowest BCUT2D eigenvalue weighted by Crippen LogP contribution is -2.45. The van der Waals surface area contributed by atoms with Crippen LogP contribution < -0.4 is 11.2 Å². The van der Waals surface area contributed by atoms with Crippen molar-refractivity contribution in [3.8, 4) is 12.3 Å². The van der Waals surface area contributed by atoms with Crippen molar-refractivity contribution < 1.29 is 60.6 Å². The fraction of sp³-hybridized carbons (Fsp3) is 0.500. The van der Waals surface area contributed by atoms with Gasteiger partial charge in [-0.15, -0.1) is 6.42 Å². The van der Waals surface area contributed by atoms with Gasteiger partial charge in [0.1, 0.15) is 12.2 Å². The van der Waals surface area contributed by atoms with Crippen LogP contribution in [0.5, 0.6) is 0 Å². The number of aromatic nitrogens is 2. The van der Waals surface area contributed by atoms with Gasteiger partial charge in [0, 0.05) is 0 Å². The number of aliphatic hydroxyl groups is 1. The molecule has 2 rings (SSSR count). The summed E-state index contributed by atoms with van der Waals surface area (Å²) < 4.78 is 65.1. The van der Waals surface area contributed by atoms with E-state index in [4.69, 9.17) is 32.5 Å². The van der Waals surface area contributed by atoms with Crippen molar-refractivity contribution in [1.82, 2.24) is 9.55 Å². The first-order chi connectivity index (χ1) is 14.8. The van der Waals surface area contributed by atoms with Crippen LogP contribution in [0.25, 0.3) is 0 Å². The summed E-state index contributed by atoms with van der Waals surface area (Å²) in [5, 5.41) is 10.5. The maximum atomic E-state index is 13.7. The van der Waals surface area contributed by atoms with E-state index < -0.39 is 69.9 Å². The zero-order chi connectivity index (χ0) is 25.6. The molecule has 0 amide bonds. The number of aromatic amines is 1. The smallest absolute Gasteiger partial charge is 0.387 e. The van der Waals surface area contributed by atoms with Crippen molar-refractivity contribution in [2.45, 2.75) is 36.3 Å². The number of rotatable bonds is 8. The van der Waals surface area contributed by atoms with Crippen LogP contribution in [0.2, 0.25) is 0 Å². The number of phosphoric ester groups is 1. The summed E-state index contributed by atoms with van der Waals surface area (Å²) in [6.45, 7) is 0.943. The van der Waals surface area contributed by atoms with Crippen LogP contribution in [0.4, 0.5) is 4.39 Å². The van der Waals surface area contributed by atoms with E-state index in [-0.39, 0.29) is 0 Å². The lowest BCUT2D eigenvalue weighted by atomic mass is 9.97. The Hall–Kier alpha value is -1.21. The molecule has 33 heavy (non-hydrogen) atoms. The second kappa shape index (κ2) is 9.44. The van der Waals surface area contributed by atoms with Crippen molar-refractivity contribution in [1.29, 1.82) is 0 Å². The summed E-state index contributed by atoms with van der Waals surface area (Å²) in [5.74, 6) is 0.468.